The third-order valence-corrected chi connectivity index (χ3v) is 3.93. The first-order valence-electron chi connectivity index (χ1n) is 7.16. The van der Waals surface area contributed by atoms with Gasteiger partial charge >= 0.3 is 12.0 Å². The number of hydrogen-bond acceptors (Lipinski definition) is 4. The Bertz CT molecular complexity index is 506. The van der Waals surface area contributed by atoms with E-state index in [0.29, 0.717) is 18.7 Å². The molecule has 3 N–H and O–H groups in total. The van der Waals surface area contributed by atoms with E-state index < -0.39 is 17.5 Å². The van der Waals surface area contributed by atoms with Crippen molar-refractivity contribution in [1.29, 1.82) is 0 Å². The van der Waals surface area contributed by atoms with Gasteiger partial charge < -0.3 is 20.3 Å². The van der Waals surface area contributed by atoms with E-state index in [9.17, 15) is 14.7 Å². The van der Waals surface area contributed by atoms with Crippen LogP contribution in [0.3, 0.4) is 0 Å². The number of amides is 2. The van der Waals surface area contributed by atoms with Crippen molar-refractivity contribution in [3.8, 4) is 0 Å². The number of carboxylic acid groups (broad SMARTS) is 1. The molecule has 116 valence electrons. The fourth-order valence-corrected chi connectivity index (χ4v) is 2.61. The van der Waals surface area contributed by atoms with Gasteiger partial charge in [-0.25, -0.2) is 9.59 Å². The fraction of sp³-hybridized carbons (Fsp3) is 0.692. The molecule has 0 bridgehead atoms. The first-order valence-corrected chi connectivity index (χ1v) is 7.16. The maximum atomic E-state index is 12.0. The second-order valence-electron chi connectivity index (χ2n) is 5.47. The Morgan fingerprint density at radius 3 is 2.52 bits per heavy atom. The minimum atomic E-state index is -1.15. The average Bonchev–Trinajstić information content (AvgIpc) is 2.70. The summed E-state index contributed by atoms with van der Waals surface area (Å²) in [5.74, 6) is -0.353. The van der Waals surface area contributed by atoms with Crippen LogP contribution in [0.2, 0.25) is 0 Å². The Kier molecular flexibility index (Phi) is 4.77. The predicted octanol–water partition coefficient (Wildman–Crippen LogP) is 0.792. The van der Waals surface area contributed by atoms with Crippen LogP contribution in [-0.2, 0) is 18.4 Å². The zero-order chi connectivity index (χ0) is 15.3. The van der Waals surface area contributed by atoms with E-state index in [-0.39, 0.29) is 6.54 Å². The minimum Gasteiger partial charge on any atom is -0.480 e. The van der Waals surface area contributed by atoms with E-state index in [2.05, 4.69) is 20.8 Å². The van der Waals surface area contributed by atoms with Gasteiger partial charge in [0.25, 0.3) is 0 Å². The summed E-state index contributed by atoms with van der Waals surface area (Å²) in [4.78, 5) is 23.6. The van der Waals surface area contributed by atoms with E-state index in [4.69, 9.17) is 0 Å². The molecule has 0 aliphatic heterocycles. The molecule has 1 aromatic rings. The lowest BCUT2D eigenvalue weighted by Gasteiger charge is -2.29. The lowest BCUT2D eigenvalue weighted by atomic mass is 9.90. The topological polar surface area (TPSA) is 109 Å². The van der Waals surface area contributed by atoms with Crippen LogP contribution in [0.15, 0.2) is 6.33 Å². The van der Waals surface area contributed by atoms with E-state index >= 15 is 0 Å². The van der Waals surface area contributed by atoms with Gasteiger partial charge in [0.1, 0.15) is 11.9 Å². The summed E-state index contributed by atoms with van der Waals surface area (Å²) in [6, 6.07) is -0.484. The summed E-state index contributed by atoms with van der Waals surface area (Å²) in [6.45, 7) is 0.206. The molecule has 1 aromatic heterocycles. The average molecular weight is 295 g/mol. The van der Waals surface area contributed by atoms with Crippen molar-refractivity contribution in [2.45, 2.75) is 50.6 Å². The summed E-state index contributed by atoms with van der Waals surface area (Å²) in [5, 5.41) is 22.3. The van der Waals surface area contributed by atoms with Crippen molar-refractivity contribution in [1.82, 2.24) is 25.4 Å². The van der Waals surface area contributed by atoms with Crippen LogP contribution in [0, 0.1) is 0 Å². The molecular formula is C13H21N5O3. The van der Waals surface area contributed by atoms with Gasteiger partial charge in [0.15, 0.2) is 5.82 Å². The van der Waals surface area contributed by atoms with Crippen molar-refractivity contribution in [3.05, 3.63) is 12.2 Å². The van der Waals surface area contributed by atoms with Gasteiger partial charge in [0.2, 0.25) is 0 Å². The Morgan fingerprint density at radius 1 is 1.33 bits per heavy atom. The molecule has 2 amide bonds. The van der Waals surface area contributed by atoms with Crippen molar-refractivity contribution in [2.24, 2.45) is 7.05 Å². The fourth-order valence-electron chi connectivity index (χ4n) is 2.61. The van der Waals surface area contributed by atoms with Gasteiger partial charge in [-0.1, -0.05) is 25.7 Å². The Balaban J connectivity index is 1.95. The molecule has 0 saturated heterocycles. The summed E-state index contributed by atoms with van der Waals surface area (Å²) in [5.41, 5.74) is -1.15. The summed E-state index contributed by atoms with van der Waals surface area (Å²) < 4.78 is 1.69. The van der Waals surface area contributed by atoms with Crippen LogP contribution in [0.5, 0.6) is 0 Å². The first kappa shape index (κ1) is 15.3. The van der Waals surface area contributed by atoms with E-state index in [1.165, 1.54) is 0 Å². The van der Waals surface area contributed by atoms with Crippen molar-refractivity contribution in [3.63, 3.8) is 0 Å². The molecule has 21 heavy (non-hydrogen) atoms. The summed E-state index contributed by atoms with van der Waals surface area (Å²) in [6.07, 6.45) is 6.14. The molecule has 1 saturated carbocycles. The van der Waals surface area contributed by atoms with Crippen LogP contribution in [-0.4, -0.2) is 37.4 Å². The normalized spacial score (nSPS) is 17.8. The lowest BCUT2D eigenvalue weighted by molar-refractivity contribution is -0.145. The van der Waals surface area contributed by atoms with E-state index in [0.717, 1.165) is 25.7 Å². The zero-order valence-electron chi connectivity index (χ0n) is 12.1. The Morgan fingerprint density at radius 2 is 2.00 bits per heavy atom. The number of urea groups is 1. The number of carboxylic acids is 1. The van der Waals surface area contributed by atoms with Crippen LogP contribution in [0.4, 0.5) is 4.79 Å². The lowest BCUT2D eigenvalue weighted by Crippen LogP contribution is -2.56. The van der Waals surface area contributed by atoms with Gasteiger partial charge in [-0.05, 0) is 12.8 Å². The number of hydrogen-bond donors (Lipinski definition) is 3. The van der Waals surface area contributed by atoms with Crippen LogP contribution >= 0.6 is 0 Å². The highest BCUT2D eigenvalue weighted by Crippen LogP contribution is 2.27. The van der Waals surface area contributed by atoms with E-state index in [1.807, 2.05) is 0 Å². The van der Waals surface area contributed by atoms with Crippen LogP contribution < -0.4 is 10.6 Å². The maximum absolute atomic E-state index is 12.0. The highest BCUT2D eigenvalue weighted by molar-refractivity contribution is 5.86. The first-order chi connectivity index (χ1) is 10.0. The predicted molar refractivity (Wildman–Crippen MR) is 74.4 cm³/mol. The second-order valence-corrected chi connectivity index (χ2v) is 5.47. The van der Waals surface area contributed by atoms with Crippen LogP contribution in [0.1, 0.15) is 44.3 Å². The third-order valence-electron chi connectivity index (χ3n) is 3.93. The van der Waals surface area contributed by atoms with Gasteiger partial charge in [0.05, 0.1) is 6.54 Å². The molecule has 1 aliphatic rings. The van der Waals surface area contributed by atoms with Crippen molar-refractivity contribution in [2.75, 3.05) is 0 Å². The van der Waals surface area contributed by atoms with Crippen molar-refractivity contribution >= 4 is 12.0 Å². The Labute approximate surface area is 122 Å². The van der Waals surface area contributed by atoms with Gasteiger partial charge in [-0.15, -0.1) is 10.2 Å². The molecule has 1 aliphatic carbocycles. The Hall–Kier alpha value is -2.12. The zero-order valence-corrected chi connectivity index (χ0v) is 12.1. The largest absolute Gasteiger partial charge is 0.480 e. The minimum absolute atomic E-state index is 0.206. The van der Waals surface area contributed by atoms with E-state index in [1.54, 1.807) is 17.9 Å². The van der Waals surface area contributed by atoms with Crippen molar-refractivity contribution < 1.29 is 14.7 Å². The SMILES string of the molecule is Cn1cnnc1CNC(=O)NC1(C(=O)O)CCCCCC1. The number of nitrogens with zero attached hydrogens (tertiary/aromatic N) is 3. The highest BCUT2D eigenvalue weighted by Gasteiger charge is 2.40. The smallest absolute Gasteiger partial charge is 0.329 e. The number of aryl methyl sites for hydroxylation is 1. The highest BCUT2D eigenvalue weighted by atomic mass is 16.4. The monoisotopic (exact) mass is 295 g/mol. The molecule has 0 spiro atoms. The maximum Gasteiger partial charge on any atom is 0.329 e. The molecular weight excluding hydrogens is 274 g/mol. The number of nitrogens with one attached hydrogen (secondary N) is 2. The molecule has 0 aromatic carbocycles. The number of carbonyl (C=O) groups excluding carboxylic acids is 1. The summed E-state index contributed by atoms with van der Waals surface area (Å²) >= 11 is 0. The van der Waals surface area contributed by atoms with Gasteiger partial charge in [0, 0.05) is 7.05 Å². The quantitative estimate of drug-likeness (QED) is 0.712. The molecule has 1 heterocycles. The number of aliphatic carboxylic acids is 1. The molecule has 8 nitrogen and oxygen atoms in total. The standard InChI is InChI=1S/C13H21N5O3/c1-18-9-15-17-10(18)8-14-12(21)16-13(11(19)20)6-4-2-3-5-7-13/h9H,2-8H2,1H3,(H,19,20)(H2,14,16,21). The second kappa shape index (κ2) is 6.55. The molecule has 0 unspecified atom stereocenters. The molecule has 0 atom stereocenters. The number of aromatic nitrogens is 3. The number of carbonyl (C=O) groups is 2. The number of rotatable bonds is 4. The molecule has 2 rings (SSSR count). The summed E-state index contributed by atoms with van der Waals surface area (Å²) in [7, 11) is 1.78. The third kappa shape index (κ3) is 3.71. The molecule has 0 radical (unpaired) electrons. The van der Waals surface area contributed by atoms with Gasteiger partial charge in [-0.2, -0.15) is 0 Å². The van der Waals surface area contributed by atoms with Crippen LogP contribution in [0.25, 0.3) is 0 Å². The van der Waals surface area contributed by atoms with Gasteiger partial charge in [-0.3, -0.25) is 0 Å². The molecule has 8 heteroatoms. The molecule has 1 fully saturated rings.